The molecule has 3 aromatic heterocycles. The number of anilines is 4. The number of carbonyl (C=O) groups excluding carboxylic acids is 5. The standard InChI is InChI=1S/C71H48N8O8.Co/c1-2-85-71(84)62-38-12-11-13-39(62)37-87-45-34-42-31-43(35-45)70(83)79-53-21-10-6-17-49(53)66-57-25-24-56(73-57)65(48-16-5-9-20-52(48)78-69(42)82)59-27-26-58(74-59)63-46-14-3-7-18-50(46)76-67(80)40-30-41(33-44(32-40)86-36-38)68(81)77-51-19-8-4-15-47(51)64(55-23-22-54(63)72-55)60-28-29-61(66)75-60;/h3-35H,2,36-37H2,1H3,(H6,72,73,74,75,76,77,78,79,80,81,82,83);/q;+2/p-2. The van der Waals surface area contributed by atoms with Gasteiger partial charge in [0.15, 0.2) is 0 Å². The van der Waals surface area contributed by atoms with Crippen LogP contribution in [-0.2, 0) is 34.7 Å². The van der Waals surface area contributed by atoms with E-state index in [-0.39, 0.29) is 75.9 Å². The number of fused-ring (bicyclic) bond motifs is 6. The zero-order chi connectivity index (χ0) is 58.9. The van der Waals surface area contributed by atoms with Crippen molar-refractivity contribution in [1.82, 2.24) is 19.9 Å². The van der Waals surface area contributed by atoms with Crippen LogP contribution in [0.5, 0.6) is 11.5 Å². The van der Waals surface area contributed by atoms with Crippen molar-refractivity contribution in [2.75, 3.05) is 27.9 Å². The summed E-state index contributed by atoms with van der Waals surface area (Å²) in [6.07, 6.45) is 7.60. The summed E-state index contributed by atoms with van der Waals surface area (Å²) in [5.41, 5.74) is 11.4. The molecule has 0 atom stereocenters. The van der Waals surface area contributed by atoms with Crippen LogP contribution in [0.4, 0.5) is 22.7 Å². The SMILES string of the molecule is CCOC(=O)c1c2cccc1COc1cc3cc(c1)C(=O)Nc1ccccc1-c1c4nc(c5c6ccc([n-]6)c(c6nc(c(c7ccc1[n-]7)-c1ccccc1NC3=O)C=C6)-c1ccccc1NC(=O)c1cc(cc(c1)C(=O)Nc1ccccc1-5)OC2)C=C4.[Co+2]. The second-order valence-electron chi connectivity index (χ2n) is 21.1. The minimum Gasteiger partial charge on any atom is -0.657 e. The van der Waals surface area contributed by atoms with Crippen molar-refractivity contribution in [2.24, 2.45) is 0 Å². The van der Waals surface area contributed by atoms with Gasteiger partial charge in [-0.3, -0.25) is 19.2 Å². The van der Waals surface area contributed by atoms with Crippen LogP contribution < -0.4 is 40.7 Å². The van der Waals surface area contributed by atoms with Gasteiger partial charge in [0, 0.05) is 78.4 Å². The van der Waals surface area contributed by atoms with Gasteiger partial charge in [-0.05, 0) is 114 Å². The van der Waals surface area contributed by atoms with E-state index in [2.05, 4.69) is 21.3 Å². The maximum atomic E-state index is 15.0. The molecule has 0 saturated carbocycles. The van der Waals surface area contributed by atoms with E-state index < -0.39 is 29.6 Å². The van der Waals surface area contributed by atoms with E-state index in [1.165, 1.54) is 36.4 Å². The van der Waals surface area contributed by atoms with Crippen LogP contribution in [0.2, 0.25) is 0 Å². The molecule has 0 unspecified atom stereocenters. The normalized spacial score (nSPS) is 13.5. The summed E-state index contributed by atoms with van der Waals surface area (Å²) in [6.45, 7) is 1.30. The predicted molar refractivity (Wildman–Crippen MR) is 334 cm³/mol. The molecule has 427 valence electrons. The molecule has 17 heteroatoms. The van der Waals surface area contributed by atoms with Crippen molar-refractivity contribution < 1.29 is 55.0 Å². The van der Waals surface area contributed by atoms with E-state index in [1.807, 2.05) is 121 Å². The summed E-state index contributed by atoms with van der Waals surface area (Å²) in [7, 11) is 0. The zero-order valence-electron chi connectivity index (χ0n) is 46.6. The van der Waals surface area contributed by atoms with E-state index in [4.69, 9.17) is 34.1 Å². The van der Waals surface area contributed by atoms with Gasteiger partial charge in [0.2, 0.25) is 0 Å². The van der Waals surface area contributed by atoms with Crippen molar-refractivity contribution >= 4 is 98.7 Å². The molecule has 7 aromatic carbocycles. The summed E-state index contributed by atoms with van der Waals surface area (Å²) in [6, 6.07) is 51.4. The molecule has 1 radical (unpaired) electrons. The quantitative estimate of drug-likeness (QED) is 0.119. The van der Waals surface area contributed by atoms with Crippen LogP contribution in [0, 0.1) is 0 Å². The fourth-order valence-electron chi connectivity index (χ4n) is 11.8. The van der Waals surface area contributed by atoms with E-state index >= 15 is 19.2 Å². The number of para-hydroxylation sites is 4. The molecule has 0 saturated heterocycles. The number of rotatable bonds is 2. The summed E-state index contributed by atoms with van der Waals surface area (Å²) in [5.74, 6) is -2.63. The number of nitrogens with zero attached hydrogens (tertiary/aromatic N) is 4. The number of hydrogen-bond acceptors (Lipinski definition) is 10. The Bertz CT molecular complexity index is 4380. The van der Waals surface area contributed by atoms with Crippen molar-refractivity contribution in [3.63, 3.8) is 0 Å². The molecule has 4 N–H and O–H groups in total. The summed E-state index contributed by atoms with van der Waals surface area (Å²) in [5, 5.41) is 12.6. The topological polar surface area (TPSA) is 215 Å². The minimum absolute atomic E-state index is 0. The van der Waals surface area contributed by atoms with Crippen molar-refractivity contribution in [1.29, 1.82) is 0 Å². The van der Waals surface area contributed by atoms with Crippen molar-refractivity contribution in [3.05, 3.63) is 238 Å². The average Bonchev–Trinajstić information content (AvgIpc) is 3.47. The molecule has 20 bridgehead atoms. The molecular weight excluding hydrogens is 1150 g/mol. The number of benzene rings is 7. The number of hydrogen-bond donors (Lipinski definition) is 4. The number of esters is 1. The van der Waals surface area contributed by atoms with E-state index in [0.29, 0.717) is 123 Å². The Labute approximate surface area is 512 Å². The first kappa shape index (κ1) is 54.5. The third kappa shape index (κ3) is 9.75. The maximum Gasteiger partial charge on any atom is 2.00 e. The third-order valence-corrected chi connectivity index (χ3v) is 15.8. The number of carbonyl (C=O) groups is 5. The molecule has 9 heterocycles. The number of nitrogens with one attached hydrogen (secondary N) is 4. The fourth-order valence-corrected chi connectivity index (χ4v) is 11.8. The Hall–Kier alpha value is -11.4. The number of aromatic nitrogens is 4. The molecule has 6 aliphatic heterocycles. The van der Waals surface area contributed by atoms with Gasteiger partial charge in [-0.25, -0.2) is 14.8 Å². The van der Waals surface area contributed by atoms with E-state index in [9.17, 15) is 4.79 Å². The minimum atomic E-state index is -0.658. The summed E-state index contributed by atoms with van der Waals surface area (Å²) in [4.78, 5) is 96.2. The van der Waals surface area contributed by atoms with Crippen molar-refractivity contribution in [2.45, 2.75) is 20.1 Å². The Kier molecular flexibility index (Phi) is 13.8. The zero-order valence-corrected chi connectivity index (χ0v) is 47.6. The molecule has 16 nitrogen and oxygen atoms in total. The predicted octanol–water partition coefficient (Wildman–Crippen LogP) is 13.9. The summed E-state index contributed by atoms with van der Waals surface area (Å²) >= 11 is 0. The average molecular weight is 1200 g/mol. The Morgan fingerprint density at radius 2 is 0.739 bits per heavy atom. The first-order valence-electron chi connectivity index (χ1n) is 28.1. The largest absolute Gasteiger partial charge is 2.00 e. The monoisotopic (exact) mass is 1200 g/mol. The van der Waals surface area contributed by atoms with Crippen LogP contribution in [0.25, 0.3) is 90.9 Å². The van der Waals surface area contributed by atoms with E-state index in [1.54, 1.807) is 49.4 Å². The molecule has 0 spiro atoms. The molecule has 0 aliphatic carbocycles. The van der Waals surface area contributed by atoms with Crippen LogP contribution in [0.1, 0.15) is 92.6 Å². The van der Waals surface area contributed by atoms with Crippen LogP contribution in [0.3, 0.4) is 0 Å². The van der Waals surface area contributed by atoms with Gasteiger partial charge in [-0.1, -0.05) is 115 Å². The van der Waals surface area contributed by atoms with Crippen LogP contribution in [-0.4, -0.2) is 46.2 Å². The van der Waals surface area contributed by atoms with Crippen molar-refractivity contribution in [3.8, 4) is 56.0 Å². The molecule has 0 fully saturated rings. The van der Waals surface area contributed by atoms with Crippen LogP contribution in [0.15, 0.2) is 176 Å². The van der Waals surface area contributed by atoms with Gasteiger partial charge in [0.05, 0.1) is 34.9 Å². The fraction of sp³-hybridized carbons (Fsp3) is 0.0563. The first-order chi connectivity index (χ1) is 42.6. The van der Waals surface area contributed by atoms with Gasteiger partial charge in [-0.15, -0.1) is 22.1 Å². The molecular formula is C71H46CoN8O8. The first-order valence-corrected chi connectivity index (χ1v) is 28.1. The number of amides is 4. The smallest absolute Gasteiger partial charge is 0.657 e. The second-order valence-corrected chi connectivity index (χ2v) is 21.1. The van der Waals surface area contributed by atoms with Gasteiger partial charge in [0.25, 0.3) is 23.6 Å². The third-order valence-electron chi connectivity index (χ3n) is 15.8. The molecule has 4 amide bonds. The maximum absolute atomic E-state index is 15.0. The van der Waals surface area contributed by atoms with Gasteiger partial charge < -0.3 is 45.4 Å². The second kappa shape index (κ2) is 22.2. The van der Waals surface area contributed by atoms with Gasteiger partial charge in [-0.2, -0.15) is 0 Å². The molecule has 6 aliphatic rings. The number of ether oxygens (including phenoxy) is 3. The van der Waals surface area contributed by atoms with Crippen LogP contribution >= 0.6 is 0 Å². The Morgan fingerprint density at radius 1 is 0.432 bits per heavy atom. The van der Waals surface area contributed by atoms with Gasteiger partial charge in [0.1, 0.15) is 24.7 Å². The molecule has 10 aromatic rings. The molecule has 88 heavy (non-hydrogen) atoms. The Balaban J connectivity index is 0.00000680. The molecule has 16 rings (SSSR count). The Morgan fingerprint density at radius 3 is 1.05 bits per heavy atom. The van der Waals surface area contributed by atoms with Gasteiger partial charge >= 0.3 is 22.7 Å². The van der Waals surface area contributed by atoms with E-state index in [0.717, 1.165) is 0 Å². The summed E-state index contributed by atoms with van der Waals surface area (Å²) < 4.78 is 18.7.